The molecule has 144 valence electrons. The third-order valence-corrected chi connectivity index (χ3v) is 6.93. The van der Waals surface area contributed by atoms with Crippen molar-refractivity contribution in [3.8, 4) is 0 Å². The molecule has 1 aromatic carbocycles. The number of carbonyl (C=O) groups is 1. The van der Waals surface area contributed by atoms with Crippen LogP contribution in [0, 0.1) is 19.8 Å². The molecule has 7 heteroatoms. The van der Waals surface area contributed by atoms with Gasteiger partial charge in [-0.1, -0.05) is 18.2 Å². The van der Waals surface area contributed by atoms with Gasteiger partial charge in [0.05, 0.1) is 4.90 Å². The van der Waals surface area contributed by atoms with Crippen molar-refractivity contribution in [3.05, 3.63) is 59.4 Å². The Morgan fingerprint density at radius 1 is 1.19 bits per heavy atom. The maximum atomic E-state index is 12.7. The van der Waals surface area contributed by atoms with Crippen LogP contribution < -0.4 is 5.32 Å². The molecule has 0 atom stereocenters. The lowest BCUT2D eigenvalue weighted by molar-refractivity contribution is -0.126. The van der Waals surface area contributed by atoms with Gasteiger partial charge in [-0.2, -0.15) is 4.31 Å². The number of hydrogen-bond donors (Lipinski definition) is 1. The van der Waals surface area contributed by atoms with Gasteiger partial charge in [-0.05, 0) is 56.0 Å². The van der Waals surface area contributed by atoms with E-state index in [0.29, 0.717) is 37.4 Å². The maximum Gasteiger partial charge on any atom is 0.243 e. The molecule has 0 saturated carbocycles. The highest BCUT2D eigenvalue weighted by molar-refractivity contribution is 7.89. The zero-order chi connectivity index (χ0) is 19.4. The second-order valence-electron chi connectivity index (χ2n) is 6.96. The van der Waals surface area contributed by atoms with Gasteiger partial charge in [0.25, 0.3) is 0 Å². The number of amides is 1. The molecule has 0 spiro atoms. The molecule has 1 saturated heterocycles. The van der Waals surface area contributed by atoms with Gasteiger partial charge in [0.1, 0.15) is 0 Å². The lowest BCUT2D eigenvalue weighted by Gasteiger charge is -2.30. The van der Waals surface area contributed by atoms with Crippen LogP contribution in [0.1, 0.15) is 29.7 Å². The van der Waals surface area contributed by atoms with Crippen molar-refractivity contribution < 1.29 is 13.2 Å². The first-order valence-electron chi connectivity index (χ1n) is 9.13. The van der Waals surface area contributed by atoms with Crippen molar-refractivity contribution in [2.24, 2.45) is 5.92 Å². The fraction of sp³-hybridized carbons (Fsp3) is 0.400. The summed E-state index contributed by atoms with van der Waals surface area (Å²) in [7, 11) is -3.48. The van der Waals surface area contributed by atoms with Crippen LogP contribution in [-0.2, 0) is 21.4 Å². The smallest absolute Gasteiger partial charge is 0.243 e. The first kappa shape index (κ1) is 19.5. The topological polar surface area (TPSA) is 79.4 Å². The number of piperidine rings is 1. The van der Waals surface area contributed by atoms with Crippen LogP contribution in [-0.4, -0.2) is 36.7 Å². The van der Waals surface area contributed by atoms with E-state index in [9.17, 15) is 13.2 Å². The Kier molecular flexibility index (Phi) is 5.92. The zero-order valence-corrected chi connectivity index (χ0v) is 16.5. The molecule has 0 aliphatic carbocycles. The number of aryl methyl sites for hydroxylation is 2. The molecule has 3 rings (SSSR count). The number of carbonyl (C=O) groups excluding carboxylic acids is 1. The van der Waals surface area contributed by atoms with Gasteiger partial charge in [0.15, 0.2) is 0 Å². The molecule has 0 bridgehead atoms. The summed E-state index contributed by atoms with van der Waals surface area (Å²) in [6, 6.07) is 10.4. The molecule has 27 heavy (non-hydrogen) atoms. The van der Waals surface area contributed by atoms with Crippen molar-refractivity contribution in [1.82, 2.24) is 14.6 Å². The van der Waals surface area contributed by atoms with E-state index in [0.717, 1.165) is 16.8 Å². The quantitative estimate of drug-likeness (QED) is 0.854. The van der Waals surface area contributed by atoms with Gasteiger partial charge in [0, 0.05) is 37.4 Å². The lowest BCUT2D eigenvalue weighted by Crippen LogP contribution is -2.42. The molecule has 1 amide bonds. The molecule has 1 aromatic heterocycles. The van der Waals surface area contributed by atoms with E-state index < -0.39 is 10.0 Å². The second kappa shape index (κ2) is 8.19. The Bertz CT molecular complexity index is 905. The summed E-state index contributed by atoms with van der Waals surface area (Å²) in [4.78, 5) is 17.0. The predicted octanol–water partition coefficient (Wildman–Crippen LogP) is 2.42. The number of nitrogens with one attached hydrogen (secondary N) is 1. The predicted molar refractivity (Wildman–Crippen MR) is 103 cm³/mol. The molecule has 6 nitrogen and oxygen atoms in total. The van der Waals surface area contributed by atoms with E-state index in [1.165, 1.54) is 4.31 Å². The van der Waals surface area contributed by atoms with Crippen LogP contribution in [0.25, 0.3) is 0 Å². The molecule has 1 aliphatic heterocycles. The van der Waals surface area contributed by atoms with Crippen LogP contribution in [0.3, 0.4) is 0 Å². The molecule has 2 aromatic rings. The molecule has 2 heterocycles. The van der Waals surface area contributed by atoms with E-state index >= 15 is 0 Å². The van der Waals surface area contributed by atoms with Crippen molar-refractivity contribution >= 4 is 15.9 Å². The number of rotatable bonds is 5. The van der Waals surface area contributed by atoms with E-state index in [2.05, 4.69) is 10.3 Å². The summed E-state index contributed by atoms with van der Waals surface area (Å²) < 4.78 is 26.8. The number of sulfonamides is 1. The van der Waals surface area contributed by atoms with Crippen LogP contribution >= 0.6 is 0 Å². The Balaban J connectivity index is 1.55. The van der Waals surface area contributed by atoms with Crippen LogP contribution in [0.2, 0.25) is 0 Å². The Morgan fingerprint density at radius 3 is 2.48 bits per heavy atom. The highest BCUT2D eigenvalue weighted by Crippen LogP contribution is 2.24. The van der Waals surface area contributed by atoms with Gasteiger partial charge in [0.2, 0.25) is 15.9 Å². The van der Waals surface area contributed by atoms with E-state index in [-0.39, 0.29) is 11.8 Å². The number of nitrogens with zero attached hydrogens (tertiary/aromatic N) is 2. The monoisotopic (exact) mass is 387 g/mol. The highest BCUT2D eigenvalue weighted by Gasteiger charge is 2.31. The van der Waals surface area contributed by atoms with Crippen molar-refractivity contribution in [2.75, 3.05) is 13.1 Å². The average Bonchev–Trinajstić information content (AvgIpc) is 2.68. The summed E-state index contributed by atoms with van der Waals surface area (Å²) in [5.41, 5.74) is 3.05. The summed E-state index contributed by atoms with van der Waals surface area (Å²) in [5, 5.41) is 2.97. The van der Waals surface area contributed by atoms with Crippen LogP contribution in [0.4, 0.5) is 0 Å². The minimum atomic E-state index is -3.48. The van der Waals surface area contributed by atoms with Gasteiger partial charge in [-0.15, -0.1) is 0 Å². The first-order valence-corrected chi connectivity index (χ1v) is 10.6. The van der Waals surface area contributed by atoms with E-state index in [1.807, 2.05) is 19.9 Å². The zero-order valence-electron chi connectivity index (χ0n) is 15.7. The van der Waals surface area contributed by atoms with Crippen LogP contribution in [0.5, 0.6) is 0 Å². The summed E-state index contributed by atoms with van der Waals surface area (Å²) >= 11 is 0. The molecule has 0 radical (unpaired) electrons. The molecular weight excluding hydrogens is 362 g/mol. The average molecular weight is 388 g/mol. The largest absolute Gasteiger partial charge is 0.352 e. The summed E-state index contributed by atoms with van der Waals surface area (Å²) in [5.74, 6) is -0.183. The SMILES string of the molecule is Cc1cc(C)c(CNC(=O)C2CCN(S(=O)(=O)c3ccccc3)CC2)cn1. The minimum absolute atomic E-state index is 0.0215. The van der Waals surface area contributed by atoms with Crippen molar-refractivity contribution in [2.45, 2.75) is 38.1 Å². The maximum absolute atomic E-state index is 12.7. The fourth-order valence-corrected chi connectivity index (χ4v) is 4.83. The van der Waals surface area contributed by atoms with Crippen molar-refractivity contribution in [1.29, 1.82) is 0 Å². The highest BCUT2D eigenvalue weighted by atomic mass is 32.2. The lowest BCUT2D eigenvalue weighted by atomic mass is 9.97. The Hall–Kier alpha value is -2.25. The second-order valence-corrected chi connectivity index (χ2v) is 8.90. The first-order chi connectivity index (χ1) is 12.9. The third kappa shape index (κ3) is 4.54. The molecule has 1 aliphatic rings. The third-order valence-electron chi connectivity index (χ3n) is 5.01. The number of aromatic nitrogens is 1. The van der Waals surface area contributed by atoms with Gasteiger partial charge in [-0.3, -0.25) is 9.78 Å². The molecule has 1 N–H and O–H groups in total. The Morgan fingerprint density at radius 2 is 1.85 bits per heavy atom. The van der Waals surface area contributed by atoms with Gasteiger partial charge in [-0.25, -0.2) is 8.42 Å². The summed E-state index contributed by atoms with van der Waals surface area (Å²) in [6.07, 6.45) is 2.85. The van der Waals surface area contributed by atoms with E-state index in [1.54, 1.807) is 36.5 Å². The normalized spacial score (nSPS) is 16.2. The van der Waals surface area contributed by atoms with Crippen molar-refractivity contribution in [3.63, 3.8) is 0 Å². The molecular formula is C20H25N3O3S. The molecule has 0 unspecified atom stereocenters. The standard InChI is InChI=1S/C20H25N3O3S/c1-15-12-16(2)21-13-18(15)14-22-20(24)17-8-10-23(11-9-17)27(25,26)19-6-4-3-5-7-19/h3-7,12-13,17H,8-11,14H2,1-2H3,(H,22,24). The number of benzene rings is 1. The summed E-state index contributed by atoms with van der Waals surface area (Å²) in [6.45, 7) is 5.11. The number of hydrogen-bond acceptors (Lipinski definition) is 4. The molecule has 1 fully saturated rings. The fourth-order valence-electron chi connectivity index (χ4n) is 3.34. The van der Waals surface area contributed by atoms with Gasteiger partial charge < -0.3 is 5.32 Å². The van der Waals surface area contributed by atoms with Crippen LogP contribution in [0.15, 0.2) is 47.5 Å². The Labute approximate surface area is 160 Å². The number of pyridine rings is 1. The van der Waals surface area contributed by atoms with E-state index in [4.69, 9.17) is 0 Å². The van der Waals surface area contributed by atoms with Gasteiger partial charge >= 0.3 is 0 Å². The minimum Gasteiger partial charge on any atom is -0.352 e.